The zero-order valence-corrected chi connectivity index (χ0v) is 17.6. The van der Waals surface area contributed by atoms with E-state index in [1.165, 1.54) is 18.3 Å². The maximum absolute atomic E-state index is 13.4. The summed E-state index contributed by atoms with van der Waals surface area (Å²) >= 11 is 0. The van der Waals surface area contributed by atoms with Crippen LogP contribution >= 0.6 is 0 Å². The van der Waals surface area contributed by atoms with Gasteiger partial charge in [0.1, 0.15) is 5.82 Å². The summed E-state index contributed by atoms with van der Waals surface area (Å²) < 4.78 is 13.4. The summed E-state index contributed by atoms with van der Waals surface area (Å²) in [6.45, 7) is 1.57. The van der Waals surface area contributed by atoms with Crippen LogP contribution < -0.4 is 16.0 Å². The monoisotopic (exact) mass is 424 g/mol. The maximum atomic E-state index is 13.4. The summed E-state index contributed by atoms with van der Waals surface area (Å²) in [4.78, 5) is 29.2. The van der Waals surface area contributed by atoms with Crippen LogP contribution in [0.4, 0.5) is 4.39 Å². The molecule has 1 aliphatic carbocycles. The highest BCUT2D eigenvalue weighted by Gasteiger charge is 2.26. The Morgan fingerprint density at radius 3 is 2.77 bits per heavy atom. The number of amides is 2. The lowest BCUT2D eigenvalue weighted by atomic mass is 9.85. The number of halogens is 1. The van der Waals surface area contributed by atoms with Crippen molar-refractivity contribution < 1.29 is 14.0 Å². The highest BCUT2D eigenvalue weighted by Crippen LogP contribution is 2.24. The minimum absolute atomic E-state index is 0.0538. The summed E-state index contributed by atoms with van der Waals surface area (Å²) in [6.07, 6.45) is 7.38. The van der Waals surface area contributed by atoms with Crippen LogP contribution in [0.2, 0.25) is 0 Å². The Labute approximate surface area is 182 Å². The number of carbonyl (C=O) groups excluding carboxylic acids is 2. The Bertz CT molecular complexity index is 912. The van der Waals surface area contributed by atoms with Crippen LogP contribution in [0.25, 0.3) is 11.3 Å². The molecule has 0 spiro atoms. The van der Waals surface area contributed by atoms with Crippen LogP contribution in [-0.2, 0) is 4.79 Å². The summed E-state index contributed by atoms with van der Waals surface area (Å²) in [7, 11) is 0. The zero-order valence-electron chi connectivity index (χ0n) is 17.6. The van der Waals surface area contributed by atoms with E-state index in [1.54, 1.807) is 24.3 Å². The van der Waals surface area contributed by atoms with Crippen molar-refractivity contribution in [1.29, 1.82) is 0 Å². The number of benzene rings is 1. The van der Waals surface area contributed by atoms with E-state index in [1.807, 2.05) is 0 Å². The number of rotatable bonds is 6. The normalized spacial score (nSPS) is 23.3. The van der Waals surface area contributed by atoms with E-state index in [4.69, 9.17) is 0 Å². The molecule has 1 saturated carbocycles. The van der Waals surface area contributed by atoms with E-state index in [0.29, 0.717) is 29.3 Å². The topological polar surface area (TPSA) is 83.1 Å². The standard InChI is InChI=1S/C24H29FN4O2/c25-19-6-2-5-17(13-19)21-10-9-18(15-27-21)23(30)29-20-7-1-4-16(12-20)14-28-24(31)22-8-3-11-26-22/h2,5-6,9-10,13,15-16,20,22,26H,1,3-4,7-8,11-12,14H2,(H,28,31)(H,29,30)/t16-,20+,22-/m0/s1. The SMILES string of the molecule is O=C(N[C@@H]1CCC[C@H](CNC(=O)[C@@H]2CCCN2)C1)c1ccc(-c2cccc(F)c2)nc1. The van der Waals surface area contributed by atoms with E-state index in [-0.39, 0.29) is 29.7 Å². The molecule has 164 valence electrons. The Morgan fingerprint density at radius 2 is 2.03 bits per heavy atom. The van der Waals surface area contributed by atoms with Crippen LogP contribution in [0.3, 0.4) is 0 Å². The molecule has 2 fully saturated rings. The lowest BCUT2D eigenvalue weighted by molar-refractivity contribution is -0.123. The second-order valence-electron chi connectivity index (χ2n) is 8.54. The van der Waals surface area contributed by atoms with E-state index in [0.717, 1.165) is 45.1 Å². The third kappa shape index (κ3) is 5.67. The van der Waals surface area contributed by atoms with Crippen LogP contribution in [0, 0.1) is 11.7 Å². The highest BCUT2D eigenvalue weighted by molar-refractivity contribution is 5.94. The van der Waals surface area contributed by atoms with Crippen molar-refractivity contribution >= 4 is 11.8 Å². The quantitative estimate of drug-likeness (QED) is 0.666. The molecule has 0 unspecified atom stereocenters. The van der Waals surface area contributed by atoms with Gasteiger partial charge in [-0.05, 0) is 68.8 Å². The van der Waals surface area contributed by atoms with E-state index < -0.39 is 0 Å². The molecule has 3 N–H and O–H groups in total. The summed E-state index contributed by atoms with van der Waals surface area (Å²) in [6, 6.07) is 9.73. The molecule has 4 rings (SSSR count). The van der Waals surface area contributed by atoms with Crippen molar-refractivity contribution in [1.82, 2.24) is 20.9 Å². The third-order valence-corrected chi connectivity index (χ3v) is 6.21. The summed E-state index contributed by atoms with van der Waals surface area (Å²) in [5, 5.41) is 9.41. The Morgan fingerprint density at radius 1 is 1.13 bits per heavy atom. The van der Waals surface area contributed by atoms with Crippen LogP contribution in [0.1, 0.15) is 48.9 Å². The number of hydrogen-bond donors (Lipinski definition) is 3. The maximum Gasteiger partial charge on any atom is 0.253 e. The number of aromatic nitrogens is 1. The number of nitrogens with zero attached hydrogens (tertiary/aromatic N) is 1. The van der Waals surface area contributed by atoms with Gasteiger partial charge in [-0.1, -0.05) is 18.6 Å². The number of pyridine rings is 1. The molecule has 2 amide bonds. The third-order valence-electron chi connectivity index (χ3n) is 6.21. The molecular formula is C24H29FN4O2. The second-order valence-corrected chi connectivity index (χ2v) is 8.54. The molecule has 0 radical (unpaired) electrons. The Balaban J connectivity index is 1.28. The molecule has 1 aromatic carbocycles. The van der Waals surface area contributed by atoms with Crippen molar-refractivity contribution in [2.45, 2.75) is 50.6 Å². The molecule has 31 heavy (non-hydrogen) atoms. The van der Waals surface area contributed by atoms with Gasteiger partial charge in [-0.15, -0.1) is 0 Å². The molecule has 6 nitrogen and oxygen atoms in total. The fourth-order valence-electron chi connectivity index (χ4n) is 4.50. The van der Waals surface area contributed by atoms with Gasteiger partial charge in [-0.25, -0.2) is 4.39 Å². The van der Waals surface area contributed by atoms with Gasteiger partial charge in [0.15, 0.2) is 0 Å². The number of hydrogen-bond acceptors (Lipinski definition) is 4. The molecule has 0 bridgehead atoms. The van der Waals surface area contributed by atoms with Gasteiger partial charge in [-0.3, -0.25) is 14.6 Å². The Hall–Kier alpha value is -2.80. The zero-order chi connectivity index (χ0) is 21.6. The summed E-state index contributed by atoms with van der Waals surface area (Å²) in [5.41, 5.74) is 1.79. The van der Waals surface area contributed by atoms with Crippen molar-refractivity contribution in [2.75, 3.05) is 13.1 Å². The van der Waals surface area contributed by atoms with Gasteiger partial charge in [0.25, 0.3) is 5.91 Å². The van der Waals surface area contributed by atoms with Crippen LogP contribution in [0.15, 0.2) is 42.6 Å². The van der Waals surface area contributed by atoms with E-state index in [2.05, 4.69) is 20.9 Å². The predicted molar refractivity (Wildman–Crippen MR) is 117 cm³/mol. The van der Waals surface area contributed by atoms with Crippen molar-refractivity contribution in [2.24, 2.45) is 5.92 Å². The molecule has 2 heterocycles. The number of carbonyl (C=O) groups is 2. The largest absolute Gasteiger partial charge is 0.354 e. The molecule has 2 aliphatic rings. The average molecular weight is 425 g/mol. The molecular weight excluding hydrogens is 395 g/mol. The lowest BCUT2D eigenvalue weighted by Gasteiger charge is -2.30. The lowest BCUT2D eigenvalue weighted by Crippen LogP contribution is -2.44. The first-order valence-electron chi connectivity index (χ1n) is 11.1. The molecule has 1 aliphatic heterocycles. The number of nitrogens with one attached hydrogen (secondary N) is 3. The summed E-state index contributed by atoms with van der Waals surface area (Å²) in [5.74, 6) is -0.00203. The highest BCUT2D eigenvalue weighted by atomic mass is 19.1. The second kappa shape index (κ2) is 10.0. The van der Waals surface area contributed by atoms with Crippen LogP contribution in [-0.4, -0.2) is 42.0 Å². The van der Waals surface area contributed by atoms with Gasteiger partial charge in [0.05, 0.1) is 17.3 Å². The van der Waals surface area contributed by atoms with Crippen molar-refractivity contribution in [3.8, 4) is 11.3 Å². The fraction of sp³-hybridized carbons (Fsp3) is 0.458. The van der Waals surface area contributed by atoms with E-state index >= 15 is 0 Å². The van der Waals surface area contributed by atoms with Gasteiger partial charge in [-0.2, -0.15) is 0 Å². The molecule has 1 aromatic heterocycles. The van der Waals surface area contributed by atoms with Gasteiger partial charge in [0, 0.05) is 24.3 Å². The van der Waals surface area contributed by atoms with E-state index in [9.17, 15) is 14.0 Å². The first-order chi connectivity index (χ1) is 15.1. The van der Waals surface area contributed by atoms with Gasteiger partial charge < -0.3 is 16.0 Å². The Kier molecular flexibility index (Phi) is 6.92. The molecule has 2 aromatic rings. The fourth-order valence-corrected chi connectivity index (χ4v) is 4.50. The van der Waals surface area contributed by atoms with Gasteiger partial charge >= 0.3 is 0 Å². The molecule has 7 heteroatoms. The molecule has 3 atom stereocenters. The average Bonchev–Trinajstić information content (AvgIpc) is 3.33. The van der Waals surface area contributed by atoms with Crippen LogP contribution in [0.5, 0.6) is 0 Å². The first-order valence-corrected chi connectivity index (χ1v) is 11.1. The minimum atomic E-state index is -0.316. The smallest absolute Gasteiger partial charge is 0.253 e. The van der Waals surface area contributed by atoms with Crippen molar-refractivity contribution in [3.63, 3.8) is 0 Å². The van der Waals surface area contributed by atoms with Crippen molar-refractivity contribution in [3.05, 3.63) is 54.0 Å². The first kappa shape index (κ1) is 21.4. The van der Waals surface area contributed by atoms with Gasteiger partial charge in [0.2, 0.25) is 5.91 Å². The minimum Gasteiger partial charge on any atom is -0.354 e. The predicted octanol–water partition coefficient (Wildman–Crippen LogP) is 3.04. The molecule has 1 saturated heterocycles.